The maximum atomic E-state index is 8.55. The monoisotopic (exact) mass is 240 g/mol. The lowest BCUT2D eigenvalue weighted by Crippen LogP contribution is -2.20. The van der Waals surface area contributed by atoms with Crippen molar-refractivity contribution in [2.45, 2.75) is 33.9 Å². The first kappa shape index (κ1) is 14.2. The number of hydrogen-bond donors (Lipinski definition) is 2. The van der Waals surface area contributed by atoms with E-state index in [9.17, 15) is 0 Å². The van der Waals surface area contributed by atoms with E-state index in [2.05, 4.69) is 36.7 Å². The molecule has 0 saturated heterocycles. The number of aromatic nitrogens is 1. The van der Waals surface area contributed by atoms with Gasteiger partial charge in [-0.05, 0) is 32.4 Å². The van der Waals surface area contributed by atoms with Crippen molar-refractivity contribution in [3.05, 3.63) is 23.0 Å². The molecule has 98 valence electrons. The Balaban J connectivity index is 2.32. The second-order valence-electron chi connectivity index (χ2n) is 4.15. The molecule has 0 amide bonds. The van der Waals surface area contributed by atoms with Crippen LogP contribution in [-0.4, -0.2) is 36.0 Å². The van der Waals surface area contributed by atoms with E-state index in [-0.39, 0.29) is 6.61 Å². The van der Waals surface area contributed by atoms with Crippen LogP contribution in [0.5, 0.6) is 0 Å². The number of nitrogens with one attached hydrogen (secondary N) is 1. The molecule has 0 aliphatic carbocycles. The number of nitrogens with zero attached hydrogens (tertiary/aromatic N) is 1. The average Bonchev–Trinajstić information content (AvgIpc) is 2.58. The molecule has 1 aromatic rings. The molecule has 0 saturated carbocycles. The zero-order valence-electron chi connectivity index (χ0n) is 11.1. The second-order valence-corrected chi connectivity index (χ2v) is 4.15. The maximum absolute atomic E-state index is 8.55. The molecule has 0 spiro atoms. The maximum Gasteiger partial charge on any atom is 0.0698 e. The van der Waals surface area contributed by atoms with Crippen molar-refractivity contribution in [2.75, 3.05) is 26.4 Å². The summed E-state index contributed by atoms with van der Waals surface area (Å²) in [5.41, 5.74) is 4.01. The van der Waals surface area contributed by atoms with Crippen LogP contribution in [-0.2, 0) is 17.8 Å². The van der Waals surface area contributed by atoms with E-state index in [1.165, 1.54) is 17.0 Å². The number of rotatable bonds is 8. The first-order valence-corrected chi connectivity index (χ1v) is 6.25. The van der Waals surface area contributed by atoms with Crippen LogP contribution in [0.3, 0.4) is 0 Å². The molecule has 17 heavy (non-hydrogen) atoms. The number of aliphatic hydroxyl groups excluding tert-OH is 1. The topological polar surface area (TPSA) is 46.4 Å². The van der Waals surface area contributed by atoms with E-state index >= 15 is 0 Å². The first-order chi connectivity index (χ1) is 8.20. The van der Waals surface area contributed by atoms with Gasteiger partial charge in [-0.1, -0.05) is 0 Å². The minimum absolute atomic E-state index is 0.0949. The average molecular weight is 240 g/mol. The zero-order valence-corrected chi connectivity index (χ0v) is 11.1. The molecule has 0 aliphatic rings. The van der Waals surface area contributed by atoms with Crippen molar-refractivity contribution >= 4 is 0 Å². The van der Waals surface area contributed by atoms with Crippen molar-refractivity contribution in [1.82, 2.24) is 9.88 Å². The van der Waals surface area contributed by atoms with Gasteiger partial charge in [0.15, 0.2) is 0 Å². The Morgan fingerprint density at radius 2 is 2.12 bits per heavy atom. The smallest absolute Gasteiger partial charge is 0.0698 e. The Morgan fingerprint density at radius 1 is 1.35 bits per heavy atom. The van der Waals surface area contributed by atoms with E-state index in [0.717, 1.165) is 19.6 Å². The highest BCUT2D eigenvalue weighted by Gasteiger charge is 2.06. The highest BCUT2D eigenvalue weighted by molar-refractivity contribution is 5.26. The summed E-state index contributed by atoms with van der Waals surface area (Å²) in [5.74, 6) is 0. The molecule has 2 N–H and O–H groups in total. The third kappa shape index (κ3) is 4.15. The van der Waals surface area contributed by atoms with Gasteiger partial charge in [-0.25, -0.2) is 0 Å². The van der Waals surface area contributed by atoms with Gasteiger partial charge in [0, 0.05) is 31.0 Å². The molecule has 4 nitrogen and oxygen atoms in total. The van der Waals surface area contributed by atoms with Crippen LogP contribution in [0.4, 0.5) is 0 Å². The van der Waals surface area contributed by atoms with Crippen molar-refractivity contribution in [1.29, 1.82) is 0 Å². The number of aryl methyl sites for hydroxylation is 1. The Hall–Kier alpha value is -0.840. The standard InChI is InChI=1S/C13H24N2O2/c1-4-15-11(2)9-13(12(15)3)10-14-5-7-17-8-6-16/h9,14,16H,4-8,10H2,1-3H3. The van der Waals surface area contributed by atoms with E-state index < -0.39 is 0 Å². The van der Waals surface area contributed by atoms with Gasteiger partial charge < -0.3 is 19.7 Å². The predicted molar refractivity (Wildman–Crippen MR) is 69.2 cm³/mol. The van der Waals surface area contributed by atoms with Crippen molar-refractivity contribution in [3.63, 3.8) is 0 Å². The molecular weight excluding hydrogens is 216 g/mol. The normalized spacial score (nSPS) is 11.1. The summed E-state index contributed by atoms with van der Waals surface area (Å²) in [4.78, 5) is 0. The lowest BCUT2D eigenvalue weighted by atomic mass is 10.2. The minimum atomic E-state index is 0.0949. The molecule has 0 fully saturated rings. The van der Waals surface area contributed by atoms with Crippen molar-refractivity contribution in [3.8, 4) is 0 Å². The minimum Gasteiger partial charge on any atom is -0.394 e. The van der Waals surface area contributed by atoms with Crippen LogP contribution >= 0.6 is 0 Å². The molecule has 0 atom stereocenters. The molecule has 0 radical (unpaired) electrons. The van der Waals surface area contributed by atoms with E-state index in [1.54, 1.807) is 0 Å². The number of aliphatic hydroxyl groups is 1. The second kappa shape index (κ2) is 7.48. The van der Waals surface area contributed by atoms with Crippen LogP contribution in [0.2, 0.25) is 0 Å². The Bertz CT molecular complexity index is 334. The Kier molecular flexibility index (Phi) is 6.26. The molecule has 1 heterocycles. The highest BCUT2D eigenvalue weighted by atomic mass is 16.5. The summed E-state index contributed by atoms with van der Waals surface area (Å²) >= 11 is 0. The molecule has 0 aromatic carbocycles. The first-order valence-electron chi connectivity index (χ1n) is 6.25. The molecule has 0 aliphatic heterocycles. The van der Waals surface area contributed by atoms with Crippen LogP contribution < -0.4 is 5.32 Å². The summed E-state index contributed by atoms with van der Waals surface area (Å²) < 4.78 is 7.50. The molecule has 4 heteroatoms. The van der Waals surface area contributed by atoms with Crippen LogP contribution in [0.25, 0.3) is 0 Å². The fourth-order valence-corrected chi connectivity index (χ4v) is 2.07. The highest BCUT2D eigenvalue weighted by Crippen LogP contribution is 2.14. The van der Waals surface area contributed by atoms with Gasteiger partial charge in [0.1, 0.15) is 0 Å². The SMILES string of the molecule is CCn1c(C)cc(CNCCOCCO)c1C. The largest absolute Gasteiger partial charge is 0.394 e. The Morgan fingerprint density at radius 3 is 2.71 bits per heavy atom. The van der Waals surface area contributed by atoms with Gasteiger partial charge in [-0.3, -0.25) is 0 Å². The third-order valence-corrected chi connectivity index (χ3v) is 2.97. The zero-order chi connectivity index (χ0) is 12.7. The summed E-state index contributed by atoms with van der Waals surface area (Å²) in [5, 5.41) is 11.9. The quantitative estimate of drug-likeness (QED) is 0.672. The van der Waals surface area contributed by atoms with Crippen molar-refractivity contribution in [2.24, 2.45) is 0 Å². The van der Waals surface area contributed by atoms with E-state index in [1.807, 2.05) is 0 Å². The number of hydrogen-bond acceptors (Lipinski definition) is 3. The summed E-state index contributed by atoms with van der Waals surface area (Å²) in [6.45, 7) is 10.4. The Labute approximate surface area is 104 Å². The summed E-state index contributed by atoms with van der Waals surface area (Å²) in [6, 6.07) is 2.24. The number of ether oxygens (including phenoxy) is 1. The van der Waals surface area contributed by atoms with Gasteiger partial charge in [-0.2, -0.15) is 0 Å². The third-order valence-electron chi connectivity index (χ3n) is 2.97. The predicted octanol–water partition coefficient (Wildman–Crippen LogP) is 1.22. The van der Waals surface area contributed by atoms with Crippen LogP contribution in [0.1, 0.15) is 23.9 Å². The fourth-order valence-electron chi connectivity index (χ4n) is 2.07. The summed E-state index contributed by atoms with van der Waals surface area (Å²) in [7, 11) is 0. The van der Waals surface area contributed by atoms with Crippen LogP contribution in [0, 0.1) is 13.8 Å². The van der Waals surface area contributed by atoms with Gasteiger partial charge in [0.05, 0.1) is 19.8 Å². The van der Waals surface area contributed by atoms with Gasteiger partial charge in [0.25, 0.3) is 0 Å². The van der Waals surface area contributed by atoms with E-state index in [0.29, 0.717) is 13.2 Å². The van der Waals surface area contributed by atoms with Gasteiger partial charge in [0.2, 0.25) is 0 Å². The van der Waals surface area contributed by atoms with Crippen LogP contribution in [0.15, 0.2) is 6.07 Å². The van der Waals surface area contributed by atoms with E-state index in [4.69, 9.17) is 9.84 Å². The fraction of sp³-hybridized carbons (Fsp3) is 0.692. The molecule has 0 unspecified atom stereocenters. The molecule has 1 aromatic heterocycles. The van der Waals surface area contributed by atoms with Crippen molar-refractivity contribution < 1.29 is 9.84 Å². The molecule has 1 rings (SSSR count). The lowest BCUT2D eigenvalue weighted by molar-refractivity contribution is 0.0938. The lowest BCUT2D eigenvalue weighted by Gasteiger charge is -2.07. The van der Waals surface area contributed by atoms with Gasteiger partial charge >= 0.3 is 0 Å². The van der Waals surface area contributed by atoms with Gasteiger partial charge in [-0.15, -0.1) is 0 Å². The summed E-state index contributed by atoms with van der Waals surface area (Å²) in [6.07, 6.45) is 0. The molecule has 0 bridgehead atoms. The molecular formula is C13H24N2O2.